The van der Waals surface area contributed by atoms with Crippen LogP contribution in [0.2, 0.25) is 0 Å². The van der Waals surface area contributed by atoms with Gasteiger partial charge in [-0.15, -0.1) is 0 Å². The van der Waals surface area contributed by atoms with Crippen molar-refractivity contribution in [2.75, 3.05) is 32.3 Å². The van der Waals surface area contributed by atoms with Crippen molar-refractivity contribution in [3.8, 4) is 11.1 Å². The second-order valence-corrected chi connectivity index (χ2v) is 9.55. The Balaban J connectivity index is 1.92. The molecule has 2 aromatic carbocycles. The SMILES string of the molecule is COCC1CCCN1Cc1ccc(C(=O)NC(CCSC)C(=O)O)c(-c2ccccc2C)c1. The molecule has 1 aliphatic heterocycles. The van der Waals surface area contributed by atoms with Crippen molar-refractivity contribution in [3.05, 3.63) is 59.2 Å². The largest absolute Gasteiger partial charge is 0.480 e. The normalized spacial score (nSPS) is 17.1. The summed E-state index contributed by atoms with van der Waals surface area (Å²) in [6.07, 6.45) is 4.60. The lowest BCUT2D eigenvalue weighted by atomic mass is 9.93. The summed E-state index contributed by atoms with van der Waals surface area (Å²) in [4.78, 5) is 27.3. The highest BCUT2D eigenvalue weighted by Gasteiger charge is 2.26. The molecule has 1 saturated heterocycles. The first kappa shape index (κ1) is 25.3. The number of ether oxygens (including phenoxy) is 1. The van der Waals surface area contributed by atoms with Crippen LogP contribution >= 0.6 is 11.8 Å². The van der Waals surface area contributed by atoms with Gasteiger partial charge in [0.05, 0.1) is 6.61 Å². The van der Waals surface area contributed by atoms with Crippen LogP contribution in [-0.4, -0.2) is 66.2 Å². The Labute approximate surface area is 200 Å². The minimum atomic E-state index is -1.01. The lowest BCUT2D eigenvalue weighted by Crippen LogP contribution is -2.41. The van der Waals surface area contributed by atoms with E-state index in [9.17, 15) is 14.7 Å². The van der Waals surface area contributed by atoms with E-state index in [0.717, 1.165) is 54.8 Å². The molecule has 1 amide bonds. The highest BCUT2D eigenvalue weighted by molar-refractivity contribution is 7.98. The van der Waals surface area contributed by atoms with Gasteiger partial charge in [0.15, 0.2) is 0 Å². The van der Waals surface area contributed by atoms with E-state index in [4.69, 9.17) is 4.74 Å². The number of nitrogens with one attached hydrogen (secondary N) is 1. The fourth-order valence-corrected chi connectivity index (χ4v) is 4.91. The molecular formula is C26H34N2O4S. The summed E-state index contributed by atoms with van der Waals surface area (Å²) >= 11 is 1.56. The van der Waals surface area contributed by atoms with Crippen LogP contribution in [0.5, 0.6) is 0 Å². The van der Waals surface area contributed by atoms with Crippen LogP contribution in [-0.2, 0) is 16.1 Å². The number of aryl methyl sites for hydroxylation is 1. The number of hydrogen-bond acceptors (Lipinski definition) is 5. The van der Waals surface area contributed by atoms with E-state index in [2.05, 4.69) is 16.3 Å². The van der Waals surface area contributed by atoms with Crippen LogP contribution in [0, 0.1) is 6.92 Å². The number of rotatable bonds is 11. The molecule has 3 rings (SSSR count). The van der Waals surface area contributed by atoms with Gasteiger partial charge in [-0.05, 0) is 79.1 Å². The molecule has 6 nitrogen and oxygen atoms in total. The third-order valence-corrected chi connectivity index (χ3v) is 6.87. The number of thioether (sulfide) groups is 1. The maximum absolute atomic E-state index is 13.2. The van der Waals surface area contributed by atoms with E-state index in [1.54, 1.807) is 18.9 Å². The molecule has 2 unspecified atom stereocenters. The van der Waals surface area contributed by atoms with Crippen molar-refractivity contribution in [2.45, 2.75) is 44.8 Å². The quantitative estimate of drug-likeness (QED) is 0.512. The third-order valence-electron chi connectivity index (χ3n) is 6.22. The molecule has 0 saturated carbocycles. The Bertz CT molecular complexity index is 965. The summed E-state index contributed by atoms with van der Waals surface area (Å²) in [5.41, 5.74) is 4.51. The number of benzene rings is 2. The number of nitrogens with zero attached hydrogens (tertiary/aromatic N) is 1. The standard InChI is InChI=1S/C26H34N2O4S/c1-18-7-4-5-9-21(18)23-15-19(16-28-13-6-8-20(28)17-32-2)10-11-22(23)25(29)27-24(26(30)31)12-14-33-3/h4-5,7,9-11,15,20,24H,6,8,12-14,16-17H2,1-3H3,(H,27,29)(H,30,31). The lowest BCUT2D eigenvalue weighted by molar-refractivity contribution is -0.139. The van der Waals surface area contributed by atoms with Crippen molar-refractivity contribution in [3.63, 3.8) is 0 Å². The summed E-state index contributed by atoms with van der Waals surface area (Å²) in [6, 6.07) is 13.4. The van der Waals surface area contributed by atoms with Crippen LogP contribution in [0.25, 0.3) is 11.1 Å². The van der Waals surface area contributed by atoms with Gasteiger partial charge in [0, 0.05) is 25.3 Å². The number of carbonyl (C=O) groups is 2. The Hall–Kier alpha value is -2.35. The smallest absolute Gasteiger partial charge is 0.326 e. The fraction of sp³-hybridized carbons (Fsp3) is 0.462. The average molecular weight is 471 g/mol. The summed E-state index contributed by atoms with van der Waals surface area (Å²) < 4.78 is 5.39. The molecule has 2 atom stereocenters. The van der Waals surface area contributed by atoms with E-state index in [1.807, 2.05) is 49.6 Å². The fourth-order valence-electron chi connectivity index (χ4n) is 4.43. The minimum absolute atomic E-state index is 0.355. The number of carbonyl (C=O) groups excluding carboxylic acids is 1. The second kappa shape index (κ2) is 12.2. The van der Waals surface area contributed by atoms with Crippen molar-refractivity contribution < 1.29 is 19.4 Å². The number of aliphatic carboxylic acids is 1. The number of methoxy groups -OCH3 is 1. The summed E-state index contributed by atoms with van der Waals surface area (Å²) in [6.45, 7) is 4.57. The van der Waals surface area contributed by atoms with Crippen LogP contribution in [0.3, 0.4) is 0 Å². The minimum Gasteiger partial charge on any atom is -0.480 e. The summed E-state index contributed by atoms with van der Waals surface area (Å²) in [5.74, 6) is -0.698. The van der Waals surface area contributed by atoms with Crippen LogP contribution in [0.4, 0.5) is 0 Å². The van der Waals surface area contributed by atoms with Gasteiger partial charge >= 0.3 is 5.97 Å². The first-order valence-corrected chi connectivity index (χ1v) is 12.8. The van der Waals surface area contributed by atoms with Gasteiger partial charge in [0.2, 0.25) is 0 Å². The molecular weight excluding hydrogens is 436 g/mol. The highest BCUT2D eigenvalue weighted by atomic mass is 32.2. The molecule has 2 N–H and O–H groups in total. The van der Waals surface area contributed by atoms with Gasteiger partial charge in [0.25, 0.3) is 5.91 Å². The van der Waals surface area contributed by atoms with Crippen LogP contribution < -0.4 is 5.32 Å². The van der Waals surface area contributed by atoms with Gasteiger partial charge in [-0.2, -0.15) is 11.8 Å². The molecule has 1 aliphatic rings. The van der Waals surface area contributed by atoms with Gasteiger partial charge in [-0.3, -0.25) is 9.69 Å². The van der Waals surface area contributed by atoms with E-state index < -0.39 is 12.0 Å². The molecule has 0 spiro atoms. The molecule has 0 aromatic heterocycles. The van der Waals surface area contributed by atoms with Gasteiger partial charge in [0.1, 0.15) is 6.04 Å². The topological polar surface area (TPSA) is 78.9 Å². The van der Waals surface area contributed by atoms with Crippen molar-refractivity contribution >= 4 is 23.6 Å². The molecule has 0 bridgehead atoms. The number of carboxylic acid groups (broad SMARTS) is 1. The van der Waals surface area contributed by atoms with Gasteiger partial charge in [-0.25, -0.2) is 4.79 Å². The molecule has 33 heavy (non-hydrogen) atoms. The molecule has 2 aromatic rings. The molecule has 1 fully saturated rings. The molecule has 1 heterocycles. The number of likely N-dealkylation sites (tertiary alicyclic amines) is 1. The number of carboxylic acids is 1. The third kappa shape index (κ3) is 6.59. The zero-order valence-electron chi connectivity index (χ0n) is 19.7. The van der Waals surface area contributed by atoms with E-state index in [0.29, 0.717) is 23.8 Å². The summed E-state index contributed by atoms with van der Waals surface area (Å²) in [7, 11) is 1.74. The molecule has 0 radical (unpaired) electrons. The molecule has 7 heteroatoms. The molecule has 0 aliphatic carbocycles. The maximum Gasteiger partial charge on any atom is 0.326 e. The number of hydrogen-bond donors (Lipinski definition) is 2. The predicted molar refractivity (Wildman–Crippen MR) is 134 cm³/mol. The van der Waals surface area contributed by atoms with Crippen LogP contribution in [0.1, 0.15) is 40.7 Å². The van der Waals surface area contributed by atoms with E-state index in [-0.39, 0.29) is 5.91 Å². The first-order chi connectivity index (χ1) is 15.9. The maximum atomic E-state index is 13.2. The van der Waals surface area contributed by atoms with Gasteiger partial charge < -0.3 is 15.2 Å². The molecule has 178 valence electrons. The monoisotopic (exact) mass is 470 g/mol. The predicted octanol–water partition coefficient (Wildman–Crippen LogP) is 4.21. The first-order valence-electron chi connectivity index (χ1n) is 11.4. The summed E-state index contributed by atoms with van der Waals surface area (Å²) in [5, 5.41) is 12.3. The Morgan fingerprint density at radius 1 is 1.24 bits per heavy atom. The van der Waals surface area contributed by atoms with Crippen molar-refractivity contribution in [1.29, 1.82) is 0 Å². The van der Waals surface area contributed by atoms with Crippen molar-refractivity contribution in [1.82, 2.24) is 10.2 Å². The Kier molecular flexibility index (Phi) is 9.35. The average Bonchev–Trinajstić information content (AvgIpc) is 3.23. The Morgan fingerprint density at radius 2 is 2.03 bits per heavy atom. The number of amides is 1. The van der Waals surface area contributed by atoms with Crippen molar-refractivity contribution in [2.24, 2.45) is 0 Å². The van der Waals surface area contributed by atoms with E-state index in [1.165, 1.54) is 0 Å². The highest BCUT2D eigenvalue weighted by Crippen LogP contribution is 2.30. The van der Waals surface area contributed by atoms with Crippen LogP contribution in [0.15, 0.2) is 42.5 Å². The second-order valence-electron chi connectivity index (χ2n) is 8.56. The zero-order chi connectivity index (χ0) is 23.8. The lowest BCUT2D eigenvalue weighted by Gasteiger charge is -2.24. The zero-order valence-corrected chi connectivity index (χ0v) is 20.5. The van der Waals surface area contributed by atoms with Gasteiger partial charge in [-0.1, -0.05) is 30.3 Å². The Morgan fingerprint density at radius 3 is 2.73 bits per heavy atom. The van der Waals surface area contributed by atoms with E-state index >= 15 is 0 Å².